The molecule has 4 rings (SSSR count). The predicted octanol–water partition coefficient (Wildman–Crippen LogP) is 3.06. The first kappa shape index (κ1) is 18.9. The lowest BCUT2D eigenvalue weighted by atomic mass is 9.98. The maximum atomic E-state index is 12.7. The van der Waals surface area contributed by atoms with Crippen LogP contribution in [0, 0.1) is 12.8 Å². The topological polar surface area (TPSA) is 63.1 Å². The molecule has 1 N–H and O–H groups in total. The average Bonchev–Trinajstić information content (AvgIpc) is 3.14. The number of nitrogens with one attached hydrogen (secondary N) is 1. The zero-order valence-electron chi connectivity index (χ0n) is 16.6. The van der Waals surface area contributed by atoms with Crippen LogP contribution >= 0.6 is 0 Å². The van der Waals surface area contributed by atoms with Gasteiger partial charge in [-0.3, -0.25) is 4.79 Å². The highest BCUT2D eigenvalue weighted by atomic mass is 16.5. The summed E-state index contributed by atoms with van der Waals surface area (Å²) < 4.78 is 7.36. The summed E-state index contributed by atoms with van der Waals surface area (Å²) in [7, 11) is 1.75. The number of pyridine rings is 1. The summed E-state index contributed by atoms with van der Waals surface area (Å²) in [6, 6.07) is 8.07. The van der Waals surface area contributed by atoms with E-state index in [2.05, 4.69) is 25.5 Å². The van der Waals surface area contributed by atoms with E-state index in [1.165, 1.54) is 12.8 Å². The number of likely N-dealkylation sites (tertiary alicyclic amines) is 1. The molecule has 1 unspecified atom stereocenters. The molecular formula is C22H28N4O2. The molecule has 2 aromatic heterocycles. The largest absolute Gasteiger partial charge is 0.383 e. The number of hydrogen-bond donors (Lipinski definition) is 1. The van der Waals surface area contributed by atoms with Gasteiger partial charge in [-0.1, -0.05) is 12.1 Å². The van der Waals surface area contributed by atoms with Gasteiger partial charge >= 0.3 is 0 Å². The molecule has 6 heteroatoms. The van der Waals surface area contributed by atoms with E-state index in [0.29, 0.717) is 11.5 Å². The number of benzene rings is 1. The van der Waals surface area contributed by atoms with Crippen LogP contribution in [0.1, 0.15) is 18.4 Å². The highest BCUT2D eigenvalue weighted by Crippen LogP contribution is 2.23. The van der Waals surface area contributed by atoms with Crippen LogP contribution < -0.4 is 5.56 Å². The van der Waals surface area contributed by atoms with E-state index in [0.717, 1.165) is 55.1 Å². The molecule has 0 bridgehead atoms. The number of hydrogen-bond acceptors (Lipinski definition) is 4. The summed E-state index contributed by atoms with van der Waals surface area (Å²) >= 11 is 0. The standard InChI is InChI=1S/C22H28N4O2/c1-16-5-6-18-13-19(22(27)24-20(18)12-16)21-23-7-9-26(21)15-17-4-3-8-25(14-17)10-11-28-2/h5-7,9,12-13,17H,3-4,8,10-11,14-15H2,1-2H3,(H,24,27). The van der Waals surface area contributed by atoms with Crippen molar-refractivity contribution in [2.45, 2.75) is 26.3 Å². The maximum Gasteiger partial charge on any atom is 0.259 e. The SMILES string of the molecule is COCCN1CCCC(Cn2ccnc2-c2cc3ccc(C)cc3[nH]c2=O)C1. The van der Waals surface area contributed by atoms with Crippen LogP contribution in [0.5, 0.6) is 0 Å². The first-order valence-electron chi connectivity index (χ1n) is 10.0. The molecule has 1 saturated heterocycles. The van der Waals surface area contributed by atoms with Crippen molar-refractivity contribution in [3.63, 3.8) is 0 Å². The lowest BCUT2D eigenvalue weighted by molar-refractivity contribution is 0.110. The lowest BCUT2D eigenvalue weighted by Crippen LogP contribution is -2.38. The van der Waals surface area contributed by atoms with Gasteiger partial charge in [-0.25, -0.2) is 4.98 Å². The second-order valence-corrected chi connectivity index (χ2v) is 7.81. The van der Waals surface area contributed by atoms with E-state index in [-0.39, 0.29) is 5.56 Å². The molecule has 0 aliphatic carbocycles. The van der Waals surface area contributed by atoms with Gasteiger partial charge in [0.15, 0.2) is 0 Å². The van der Waals surface area contributed by atoms with Gasteiger partial charge in [-0.05, 0) is 55.3 Å². The Kier molecular flexibility index (Phi) is 5.59. The number of methoxy groups -OCH3 is 1. The molecule has 1 aliphatic rings. The van der Waals surface area contributed by atoms with Gasteiger partial charge in [0.05, 0.1) is 12.2 Å². The molecule has 3 aromatic rings. The third-order valence-corrected chi connectivity index (χ3v) is 5.63. The first-order valence-corrected chi connectivity index (χ1v) is 10.0. The van der Waals surface area contributed by atoms with Crippen molar-refractivity contribution in [1.82, 2.24) is 19.4 Å². The van der Waals surface area contributed by atoms with Crippen molar-refractivity contribution >= 4 is 10.9 Å². The van der Waals surface area contributed by atoms with E-state index < -0.39 is 0 Å². The minimum atomic E-state index is -0.0871. The lowest BCUT2D eigenvalue weighted by Gasteiger charge is -2.32. The van der Waals surface area contributed by atoms with Crippen molar-refractivity contribution in [2.75, 3.05) is 33.4 Å². The van der Waals surface area contributed by atoms with Gasteiger partial charge in [0.1, 0.15) is 5.82 Å². The smallest absolute Gasteiger partial charge is 0.259 e. The fourth-order valence-electron chi connectivity index (χ4n) is 4.18. The van der Waals surface area contributed by atoms with Crippen LogP contribution in [-0.4, -0.2) is 52.8 Å². The van der Waals surface area contributed by atoms with Crippen LogP contribution in [0.2, 0.25) is 0 Å². The van der Waals surface area contributed by atoms with Crippen LogP contribution in [0.4, 0.5) is 0 Å². The highest BCUT2D eigenvalue weighted by Gasteiger charge is 2.21. The quantitative estimate of drug-likeness (QED) is 0.714. The van der Waals surface area contributed by atoms with Crippen molar-refractivity contribution in [1.29, 1.82) is 0 Å². The number of fused-ring (bicyclic) bond motifs is 1. The third-order valence-electron chi connectivity index (χ3n) is 5.63. The van der Waals surface area contributed by atoms with Crippen molar-refractivity contribution < 1.29 is 4.74 Å². The van der Waals surface area contributed by atoms with Crippen molar-refractivity contribution in [2.24, 2.45) is 5.92 Å². The summed E-state index contributed by atoms with van der Waals surface area (Å²) in [4.78, 5) is 22.7. The number of piperidine rings is 1. The summed E-state index contributed by atoms with van der Waals surface area (Å²) in [6.45, 7) is 6.86. The molecule has 1 fully saturated rings. The molecule has 6 nitrogen and oxygen atoms in total. The van der Waals surface area contributed by atoms with E-state index >= 15 is 0 Å². The molecule has 0 saturated carbocycles. The average molecular weight is 380 g/mol. The summed E-state index contributed by atoms with van der Waals surface area (Å²) in [6.07, 6.45) is 6.19. The Morgan fingerprint density at radius 3 is 3.07 bits per heavy atom. The van der Waals surface area contributed by atoms with E-state index in [4.69, 9.17) is 4.74 Å². The Balaban J connectivity index is 1.58. The number of aromatic nitrogens is 3. The minimum Gasteiger partial charge on any atom is -0.383 e. The van der Waals surface area contributed by atoms with Crippen LogP contribution in [-0.2, 0) is 11.3 Å². The number of ether oxygens (including phenoxy) is 1. The van der Waals surface area contributed by atoms with E-state index in [1.807, 2.05) is 31.3 Å². The predicted molar refractivity (Wildman–Crippen MR) is 112 cm³/mol. The second kappa shape index (κ2) is 8.29. The molecule has 148 valence electrons. The summed E-state index contributed by atoms with van der Waals surface area (Å²) in [5.74, 6) is 1.30. The molecule has 1 atom stereocenters. The summed E-state index contributed by atoms with van der Waals surface area (Å²) in [5.41, 5.74) is 2.55. The fourth-order valence-corrected chi connectivity index (χ4v) is 4.18. The number of aryl methyl sites for hydroxylation is 1. The zero-order chi connectivity index (χ0) is 19.5. The molecule has 28 heavy (non-hydrogen) atoms. The molecule has 0 radical (unpaired) electrons. The van der Waals surface area contributed by atoms with E-state index in [1.54, 1.807) is 13.3 Å². The number of aromatic amines is 1. The van der Waals surface area contributed by atoms with Gasteiger partial charge in [0.25, 0.3) is 5.56 Å². The molecule has 0 amide bonds. The maximum absolute atomic E-state index is 12.7. The minimum absolute atomic E-state index is 0.0871. The van der Waals surface area contributed by atoms with Gasteiger partial charge in [0.2, 0.25) is 0 Å². The molecule has 1 aliphatic heterocycles. The molecular weight excluding hydrogens is 352 g/mol. The number of nitrogens with zero attached hydrogens (tertiary/aromatic N) is 3. The second-order valence-electron chi connectivity index (χ2n) is 7.81. The van der Waals surface area contributed by atoms with Crippen LogP contribution in [0.15, 0.2) is 41.5 Å². The Morgan fingerprint density at radius 2 is 2.21 bits per heavy atom. The van der Waals surface area contributed by atoms with Gasteiger partial charge in [-0.2, -0.15) is 0 Å². The molecule has 0 spiro atoms. The van der Waals surface area contributed by atoms with E-state index in [9.17, 15) is 4.79 Å². The Labute approximate surface area is 165 Å². The van der Waals surface area contributed by atoms with Gasteiger partial charge in [-0.15, -0.1) is 0 Å². The van der Waals surface area contributed by atoms with Crippen LogP contribution in [0.3, 0.4) is 0 Å². The Hall–Kier alpha value is -2.44. The fraction of sp³-hybridized carbons (Fsp3) is 0.455. The van der Waals surface area contributed by atoms with Gasteiger partial charge in [0, 0.05) is 44.7 Å². The number of imidazole rings is 1. The Morgan fingerprint density at radius 1 is 1.32 bits per heavy atom. The van der Waals surface area contributed by atoms with Crippen molar-refractivity contribution in [3.8, 4) is 11.4 Å². The number of rotatable bonds is 6. The first-order chi connectivity index (χ1) is 13.6. The Bertz CT molecular complexity index is 1010. The van der Waals surface area contributed by atoms with Crippen molar-refractivity contribution in [3.05, 3.63) is 52.6 Å². The zero-order valence-corrected chi connectivity index (χ0v) is 16.6. The molecule has 3 heterocycles. The number of H-pyrrole nitrogens is 1. The monoisotopic (exact) mass is 380 g/mol. The van der Waals surface area contributed by atoms with Gasteiger partial charge < -0.3 is 19.2 Å². The third kappa shape index (κ3) is 4.03. The summed E-state index contributed by atoms with van der Waals surface area (Å²) in [5, 5.41) is 1.03. The highest BCUT2D eigenvalue weighted by molar-refractivity contribution is 5.82. The van der Waals surface area contributed by atoms with Crippen LogP contribution in [0.25, 0.3) is 22.3 Å². The molecule has 1 aromatic carbocycles. The normalized spacial score (nSPS) is 18.0.